The van der Waals surface area contributed by atoms with E-state index in [0.29, 0.717) is 31.8 Å². The lowest BCUT2D eigenvalue weighted by molar-refractivity contribution is -0.133. The van der Waals surface area contributed by atoms with Crippen LogP contribution in [0.15, 0.2) is 17.5 Å². The van der Waals surface area contributed by atoms with Crippen LogP contribution in [0.25, 0.3) is 10.2 Å². The second kappa shape index (κ2) is 7.87. The van der Waals surface area contributed by atoms with Gasteiger partial charge in [-0.2, -0.15) is 0 Å². The van der Waals surface area contributed by atoms with Gasteiger partial charge in [-0.05, 0) is 43.7 Å². The molecule has 2 aromatic heterocycles. The highest BCUT2D eigenvalue weighted by Gasteiger charge is 2.47. The lowest BCUT2D eigenvalue weighted by atomic mass is 9.91. The summed E-state index contributed by atoms with van der Waals surface area (Å²) >= 11 is 1.63. The third-order valence-electron chi connectivity index (χ3n) is 6.21. The minimum absolute atomic E-state index is 0.0344. The first-order valence-electron chi connectivity index (χ1n) is 10.2. The predicted molar refractivity (Wildman–Crippen MR) is 111 cm³/mol. The van der Waals surface area contributed by atoms with Crippen LogP contribution in [0.4, 0.5) is 0 Å². The van der Waals surface area contributed by atoms with Crippen molar-refractivity contribution in [2.45, 2.75) is 63.6 Å². The van der Waals surface area contributed by atoms with Crippen molar-refractivity contribution in [2.24, 2.45) is 0 Å². The Bertz CT molecular complexity index is 867. The van der Waals surface area contributed by atoms with Gasteiger partial charge in [-0.1, -0.05) is 19.3 Å². The van der Waals surface area contributed by atoms with E-state index in [0.717, 1.165) is 35.9 Å². The number of fused-ring (bicyclic) bond motifs is 3. The minimum Gasteiger partial charge on any atom is -0.385 e. The van der Waals surface area contributed by atoms with Crippen LogP contribution in [0, 0.1) is 0 Å². The molecule has 152 valence electrons. The van der Waals surface area contributed by atoms with Gasteiger partial charge >= 0.3 is 0 Å². The molecule has 2 amide bonds. The third kappa shape index (κ3) is 3.35. The largest absolute Gasteiger partial charge is 0.385 e. The number of hydrogen-bond donors (Lipinski definition) is 1. The van der Waals surface area contributed by atoms with E-state index in [2.05, 4.69) is 5.32 Å². The highest BCUT2D eigenvalue weighted by atomic mass is 32.1. The second-order valence-corrected chi connectivity index (χ2v) is 9.12. The number of thiophene rings is 1. The van der Waals surface area contributed by atoms with Crippen LogP contribution in [-0.4, -0.2) is 53.1 Å². The number of ether oxygens (including phenoxy) is 1. The molecule has 1 unspecified atom stereocenters. The van der Waals surface area contributed by atoms with Crippen molar-refractivity contribution in [1.29, 1.82) is 0 Å². The third-order valence-corrected chi connectivity index (χ3v) is 7.06. The lowest BCUT2D eigenvalue weighted by Crippen LogP contribution is -2.65. The number of rotatable bonds is 6. The molecule has 28 heavy (non-hydrogen) atoms. The standard InChI is InChI=1S/C21H29N3O3S/c1-21(20(26)22-15-7-4-3-5-8-15)14-23-16-9-12-28-18(16)13-17(23)19(25)24(21)10-6-11-27-2/h9,12-13,15H,3-8,10-11,14H2,1-2H3,(H,22,26). The number of amides is 2. The SMILES string of the molecule is COCCCN1C(=O)c2cc3sccc3n2CC1(C)C(=O)NC1CCCCC1. The Morgan fingerprint density at radius 2 is 2.14 bits per heavy atom. The van der Waals surface area contributed by atoms with Gasteiger partial charge < -0.3 is 19.5 Å². The summed E-state index contributed by atoms with van der Waals surface area (Å²) in [7, 11) is 1.66. The predicted octanol–water partition coefficient (Wildman–Crippen LogP) is 3.40. The van der Waals surface area contributed by atoms with Crippen molar-refractivity contribution in [1.82, 2.24) is 14.8 Å². The quantitative estimate of drug-likeness (QED) is 0.752. The number of carbonyl (C=O) groups excluding carboxylic acids is 2. The van der Waals surface area contributed by atoms with Crippen LogP contribution < -0.4 is 5.32 Å². The van der Waals surface area contributed by atoms with Gasteiger partial charge in [-0.15, -0.1) is 11.3 Å². The Labute approximate surface area is 169 Å². The first kappa shape index (κ1) is 19.5. The maximum atomic E-state index is 13.4. The molecule has 0 aromatic carbocycles. The number of carbonyl (C=O) groups is 2. The van der Waals surface area contributed by atoms with Gasteiger partial charge in [-0.25, -0.2) is 0 Å². The Morgan fingerprint density at radius 1 is 1.36 bits per heavy atom. The van der Waals surface area contributed by atoms with E-state index in [4.69, 9.17) is 4.74 Å². The van der Waals surface area contributed by atoms with Crippen molar-refractivity contribution >= 4 is 33.4 Å². The molecule has 3 heterocycles. The average molecular weight is 404 g/mol. The number of methoxy groups -OCH3 is 1. The minimum atomic E-state index is -0.900. The van der Waals surface area contributed by atoms with Gasteiger partial charge in [0.25, 0.3) is 5.91 Å². The summed E-state index contributed by atoms with van der Waals surface area (Å²) in [5.74, 6) is -0.0973. The normalized spacial score (nSPS) is 23.2. The van der Waals surface area contributed by atoms with E-state index in [1.807, 2.05) is 29.0 Å². The second-order valence-electron chi connectivity index (χ2n) is 8.17. The molecule has 1 aliphatic heterocycles. The van der Waals surface area contributed by atoms with Gasteiger partial charge in [0.05, 0.1) is 16.8 Å². The summed E-state index contributed by atoms with van der Waals surface area (Å²) in [5, 5.41) is 5.29. The summed E-state index contributed by atoms with van der Waals surface area (Å²) < 4.78 is 8.31. The van der Waals surface area contributed by atoms with Crippen LogP contribution in [0.3, 0.4) is 0 Å². The van der Waals surface area contributed by atoms with Crippen LogP contribution in [0.1, 0.15) is 55.9 Å². The molecule has 2 aromatic rings. The van der Waals surface area contributed by atoms with Crippen LogP contribution in [0.5, 0.6) is 0 Å². The van der Waals surface area contributed by atoms with E-state index in [1.54, 1.807) is 23.3 Å². The molecule has 1 aliphatic carbocycles. The van der Waals surface area contributed by atoms with Crippen molar-refractivity contribution < 1.29 is 14.3 Å². The highest BCUT2D eigenvalue weighted by Crippen LogP contribution is 2.34. The maximum absolute atomic E-state index is 13.4. The smallest absolute Gasteiger partial charge is 0.271 e. The van der Waals surface area contributed by atoms with E-state index >= 15 is 0 Å². The average Bonchev–Trinajstić information content (AvgIpc) is 3.28. The molecular formula is C21H29N3O3S. The first-order valence-corrected chi connectivity index (χ1v) is 11.1. The van der Waals surface area contributed by atoms with E-state index in [-0.39, 0.29) is 17.9 Å². The number of hydrogen-bond acceptors (Lipinski definition) is 4. The zero-order valence-corrected chi connectivity index (χ0v) is 17.5. The molecule has 7 heteroatoms. The Morgan fingerprint density at radius 3 is 2.89 bits per heavy atom. The molecule has 0 spiro atoms. The van der Waals surface area contributed by atoms with Gasteiger partial charge in [0.1, 0.15) is 11.2 Å². The van der Waals surface area contributed by atoms with Gasteiger partial charge in [0.2, 0.25) is 5.91 Å². The molecule has 0 saturated heterocycles. The first-order chi connectivity index (χ1) is 13.5. The molecular weight excluding hydrogens is 374 g/mol. The summed E-state index contributed by atoms with van der Waals surface area (Å²) in [6.45, 7) is 3.48. The van der Waals surface area contributed by atoms with Crippen molar-refractivity contribution in [2.75, 3.05) is 20.3 Å². The van der Waals surface area contributed by atoms with E-state index in [1.165, 1.54) is 6.42 Å². The molecule has 1 saturated carbocycles. The summed E-state index contributed by atoms with van der Waals surface area (Å²) in [6, 6.07) is 4.22. The summed E-state index contributed by atoms with van der Waals surface area (Å²) in [4.78, 5) is 28.6. The molecule has 2 aliphatic rings. The fraction of sp³-hybridized carbons (Fsp3) is 0.619. The highest BCUT2D eigenvalue weighted by molar-refractivity contribution is 7.17. The van der Waals surface area contributed by atoms with E-state index < -0.39 is 5.54 Å². The topological polar surface area (TPSA) is 63.6 Å². The van der Waals surface area contributed by atoms with Crippen molar-refractivity contribution in [3.05, 3.63) is 23.2 Å². The van der Waals surface area contributed by atoms with Crippen LogP contribution in [-0.2, 0) is 16.1 Å². The molecule has 1 N–H and O–H groups in total. The van der Waals surface area contributed by atoms with E-state index in [9.17, 15) is 9.59 Å². The zero-order chi connectivity index (χ0) is 19.7. The summed E-state index contributed by atoms with van der Waals surface area (Å²) in [5.41, 5.74) is 0.826. The molecule has 1 atom stereocenters. The maximum Gasteiger partial charge on any atom is 0.271 e. The molecule has 1 fully saturated rings. The Kier molecular flexibility index (Phi) is 5.47. The Hall–Kier alpha value is -1.86. The number of aromatic nitrogens is 1. The summed E-state index contributed by atoms with van der Waals surface area (Å²) in [6.07, 6.45) is 6.34. The lowest BCUT2D eigenvalue weighted by Gasteiger charge is -2.45. The fourth-order valence-corrected chi connectivity index (χ4v) is 5.40. The number of nitrogens with one attached hydrogen (secondary N) is 1. The van der Waals surface area contributed by atoms with Gasteiger partial charge in [0, 0.05) is 26.3 Å². The monoisotopic (exact) mass is 403 g/mol. The molecule has 0 bridgehead atoms. The van der Waals surface area contributed by atoms with Crippen LogP contribution in [0.2, 0.25) is 0 Å². The fourth-order valence-electron chi connectivity index (χ4n) is 4.58. The molecule has 6 nitrogen and oxygen atoms in total. The van der Waals surface area contributed by atoms with Crippen molar-refractivity contribution in [3.8, 4) is 0 Å². The van der Waals surface area contributed by atoms with Gasteiger partial charge in [-0.3, -0.25) is 9.59 Å². The van der Waals surface area contributed by atoms with Crippen molar-refractivity contribution in [3.63, 3.8) is 0 Å². The Balaban J connectivity index is 1.65. The van der Waals surface area contributed by atoms with Gasteiger partial charge in [0.15, 0.2) is 0 Å². The molecule has 0 radical (unpaired) electrons. The van der Waals surface area contributed by atoms with Crippen LogP contribution >= 0.6 is 11.3 Å². The number of nitrogens with zero attached hydrogens (tertiary/aromatic N) is 2. The zero-order valence-electron chi connectivity index (χ0n) is 16.7. The molecule has 4 rings (SSSR count).